The zero-order valence-electron chi connectivity index (χ0n) is 10.5. The van der Waals surface area contributed by atoms with Crippen molar-refractivity contribution in [2.75, 3.05) is 20.3 Å². The summed E-state index contributed by atoms with van der Waals surface area (Å²) >= 11 is 0. The van der Waals surface area contributed by atoms with Gasteiger partial charge < -0.3 is 9.47 Å². The van der Waals surface area contributed by atoms with Crippen molar-refractivity contribution in [2.24, 2.45) is 0 Å². The Labute approximate surface area is 93.2 Å². The fourth-order valence-electron chi connectivity index (χ4n) is 1.20. The molecular formula is C13H22O2. The van der Waals surface area contributed by atoms with E-state index in [1.54, 1.807) is 7.11 Å². The standard InChI is InChI=1S/C11H16O2.C2H6/c1-9-4-5-11(10(2)8-9)13-7-6-12-3;1-2/h4-5,8H,6-7H2,1-3H3;1-2H3. The lowest BCUT2D eigenvalue weighted by molar-refractivity contribution is 0.146. The molecule has 0 radical (unpaired) electrons. The zero-order chi connectivity index (χ0) is 11.7. The maximum atomic E-state index is 5.51. The Morgan fingerprint density at radius 3 is 2.27 bits per heavy atom. The van der Waals surface area contributed by atoms with Gasteiger partial charge in [-0.05, 0) is 25.5 Å². The van der Waals surface area contributed by atoms with Crippen LogP contribution in [0, 0.1) is 13.8 Å². The van der Waals surface area contributed by atoms with Gasteiger partial charge in [-0.2, -0.15) is 0 Å². The number of benzene rings is 1. The summed E-state index contributed by atoms with van der Waals surface area (Å²) in [5.41, 5.74) is 2.44. The average molecular weight is 210 g/mol. The molecule has 0 bridgehead atoms. The molecule has 0 saturated carbocycles. The lowest BCUT2D eigenvalue weighted by Crippen LogP contribution is -2.05. The van der Waals surface area contributed by atoms with E-state index in [0.29, 0.717) is 13.2 Å². The second-order valence-corrected chi connectivity index (χ2v) is 3.11. The van der Waals surface area contributed by atoms with Gasteiger partial charge in [0.05, 0.1) is 6.61 Å². The predicted molar refractivity (Wildman–Crippen MR) is 64.6 cm³/mol. The van der Waals surface area contributed by atoms with Gasteiger partial charge in [0.2, 0.25) is 0 Å². The molecule has 0 spiro atoms. The van der Waals surface area contributed by atoms with E-state index in [1.165, 1.54) is 11.1 Å². The fourth-order valence-corrected chi connectivity index (χ4v) is 1.20. The van der Waals surface area contributed by atoms with E-state index in [4.69, 9.17) is 9.47 Å². The first-order valence-corrected chi connectivity index (χ1v) is 5.43. The molecule has 0 aliphatic heterocycles. The Morgan fingerprint density at radius 1 is 1.07 bits per heavy atom. The van der Waals surface area contributed by atoms with Crippen LogP contribution in [0.5, 0.6) is 5.75 Å². The van der Waals surface area contributed by atoms with Crippen molar-refractivity contribution in [1.82, 2.24) is 0 Å². The second-order valence-electron chi connectivity index (χ2n) is 3.11. The summed E-state index contributed by atoms with van der Waals surface area (Å²) in [5, 5.41) is 0. The summed E-state index contributed by atoms with van der Waals surface area (Å²) in [6.07, 6.45) is 0. The van der Waals surface area contributed by atoms with Crippen LogP contribution in [0.15, 0.2) is 18.2 Å². The van der Waals surface area contributed by atoms with Crippen molar-refractivity contribution in [3.05, 3.63) is 29.3 Å². The van der Waals surface area contributed by atoms with Crippen molar-refractivity contribution in [2.45, 2.75) is 27.7 Å². The van der Waals surface area contributed by atoms with Crippen LogP contribution >= 0.6 is 0 Å². The number of hydrogen-bond acceptors (Lipinski definition) is 2. The van der Waals surface area contributed by atoms with Crippen molar-refractivity contribution in [3.8, 4) is 5.75 Å². The van der Waals surface area contributed by atoms with E-state index in [1.807, 2.05) is 19.9 Å². The summed E-state index contributed by atoms with van der Waals surface area (Å²) in [6, 6.07) is 6.16. The predicted octanol–water partition coefficient (Wildman–Crippen LogP) is 3.35. The molecule has 1 rings (SSSR count). The molecule has 0 N–H and O–H groups in total. The summed E-state index contributed by atoms with van der Waals surface area (Å²) in [4.78, 5) is 0. The number of hydrogen-bond donors (Lipinski definition) is 0. The van der Waals surface area contributed by atoms with E-state index in [2.05, 4.69) is 26.0 Å². The first kappa shape index (κ1) is 14.0. The van der Waals surface area contributed by atoms with Gasteiger partial charge in [0.1, 0.15) is 12.4 Å². The quantitative estimate of drug-likeness (QED) is 0.709. The van der Waals surface area contributed by atoms with Crippen LogP contribution < -0.4 is 4.74 Å². The lowest BCUT2D eigenvalue weighted by Gasteiger charge is -2.08. The zero-order valence-corrected chi connectivity index (χ0v) is 10.5. The van der Waals surface area contributed by atoms with E-state index in [-0.39, 0.29) is 0 Å². The summed E-state index contributed by atoms with van der Waals surface area (Å²) in [7, 11) is 1.67. The van der Waals surface area contributed by atoms with Crippen LogP contribution in [0.4, 0.5) is 0 Å². The summed E-state index contributed by atoms with van der Waals surface area (Å²) in [5.74, 6) is 0.947. The number of aryl methyl sites for hydroxylation is 2. The topological polar surface area (TPSA) is 18.5 Å². The Balaban J connectivity index is 0.000000921. The number of rotatable bonds is 4. The second kappa shape index (κ2) is 8.30. The van der Waals surface area contributed by atoms with Gasteiger partial charge >= 0.3 is 0 Å². The number of methoxy groups -OCH3 is 1. The highest BCUT2D eigenvalue weighted by Gasteiger charge is 1.98. The smallest absolute Gasteiger partial charge is 0.122 e. The molecule has 0 unspecified atom stereocenters. The Bertz CT molecular complexity index is 269. The van der Waals surface area contributed by atoms with Crippen molar-refractivity contribution < 1.29 is 9.47 Å². The van der Waals surface area contributed by atoms with Crippen molar-refractivity contribution >= 4 is 0 Å². The largest absolute Gasteiger partial charge is 0.491 e. The molecule has 1 aromatic carbocycles. The van der Waals surface area contributed by atoms with E-state index < -0.39 is 0 Å². The average Bonchev–Trinajstić information content (AvgIpc) is 2.24. The molecule has 15 heavy (non-hydrogen) atoms. The minimum absolute atomic E-state index is 0.612. The van der Waals surface area contributed by atoms with Crippen LogP contribution in [-0.4, -0.2) is 20.3 Å². The minimum atomic E-state index is 0.612. The molecule has 0 aromatic heterocycles. The maximum Gasteiger partial charge on any atom is 0.122 e. The molecule has 0 saturated heterocycles. The molecule has 86 valence electrons. The Hall–Kier alpha value is -1.02. The molecule has 2 nitrogen and oxygen atoms in total. The Morgan fingerprint density at radius 2 is 1.73 bits per heavy atom. The van der Waals surface area contributed by atoms with Gasteiger partial charge in [0.25, 0.3) is 0 Å². The van der Waals surface area contributed by atoms with Gasteiger partial charge in [-0.25, -0.2) is 0 Å². The summed E-state index contributed by atoms with van der Waals surface area (Å²) < 4.78 is 10.4. The third-order valence-corrected chi connectivity index (χ3v) is 1.88. The molecule has 1 aromatic rings. The third-order valence-electron chi connectivity index (χ3n) is 1.88. The molecule has 0 amide bonds. The van der Waals surface area contributed by atoms with Crippen LogP contribution in [-0.2, 0) is 4.74 Å². The first-order valence-electron chi connectivity index (χ1n) is 5.43. The van der Waals surface area contributed by atoms with Gasteiger partial charge in [-0.15, -0.1) is 0 Å². The normalized spacial score (nSPS) is 9.13. The maximum absolute atomic E-state index is 5.51. The molecule has 0 fully saturated rings. The minimum Gasteiger partial charge on any atom is -0.491 e. The highest BCUT2D eigenvalue weighted by Crippen LogP contribution is 2.18. The third kappa shape index (κ3) is 5.43. The fraction of sp³-hybridized carbons (Fsp3) is 0.538. The van der Waals surface area contributed by atoms with E-state index in [9.17, 15) is 0 Å². The van der Waals surface area contributed by atoms with Gasteiger partial charge in [-0.1, -0.05) is 31.5 Å². The highest BCUT2D eigenvalue weighted by molar-refractivity contribution is 5.35. The van der Waals surface area contributed by atoms with Gasteiger partial charge in [-0.3, -0.25) is 0 Å². The molecule has 0 atom stereocenters. The molecular weight excluding hydrogens is 188 g/mol. The van der Waals surface area contributed by atoms with Crippen LogP contribution in [0.2, 0.25) is 0 Å². The SMILES string of the molecule is CC.COCCOc1ccc(C)cc1C. The van der Waals surface area contributed by atoms with E-state index in [0.717, 1.165) is 5.75 Å². The van der Waals surface area contributed by atoms with Gasteiger partial charge in [0, 0.05) is 7.11 Å². The monoisotopic (exact) mass is 210 g/mol. The highest BCUT2D eigenvalue weighted by atomic mass is 16.5. The van der Waals surface area contributed by atoms with E-state index >= 15 is 0 Å². The Kier molecular flexibility index (Phi) is 7.74. The molecule has 0 heterocycles. The van der Waals surface area contributed by atoms with Crippen LogP contribution in [0.1, 0.15) is 25.0 Å². The lowest BCUT2D eigenvalue weighted by atomic mass is 10.1. The van der Waals surface area contributed by atoms with Crippen molar-refractivity contribution in [3.63, 3.8) is 0 Å². The first-order chi connectivity index (χ1) is 7.24. The molecule has 2 heteroatoms. The van der Waals surface area contributed by atoms with Crippen molar-refractivity contribution in [1.29, 1.82) is 0 Å². The molecule has 0 aliphatic rings. The van der Waals surface area contributed by atoms with Gasteiger partial charge in [0.15, 0.2) is 0 Å². The van der Waals surface area contributed by atoms with Crippen LogP contribution in [0.25, 0.3) is 0 Å². The number of ether oxygens (including phenoxy) is 2. The molecule has 0 aliphatic carbocycles. The summed E-state index contributed by atoms with van der Waals surface area (Å²) in [6.45, 7) is 9.37. The van der Waals surface area contributed by atoms with Crippen LogP contribution in [0.3, 0.4) is 0 Å².